The van der Waals surface area contributed by atoms with Crippen LogP contribution in [0.5, 0.6) is 0 Å². The van der Waals surface area contributed by atoms with Gasteiger partial charge in [-0.2, -0.15) is 0 Å². The SMILES string of the molecule is C/C1=C/CC[C@]2(C)O[C@H]2C(=O)c2c(C)coc2C1. The molecule has 0 bridgehead atoms. The van der Waals surface area contributed by atoms with Gasteiger partial charge in [0.05, 0.1) is 11.8 Å². The third-order valence-corrected chi connectivity index (χ3v) is 3.99. The van der Waals surface area contributed by atoms with Gasteiger partial charge >= 0.3 is 0 Å². The van der Waals surface area contributed by atoms with E-state index < -0.39 is 0 Å². The maximum Gasteiger partial charge on any atom is 0.198 e. The molecule has 3 heteroatoms. The van der Waals surface area contributed by atoms with Crippen LogP contribution in [-0.2, 0) is 11.2 Å². The van der Waals surface area contributed by atoms with Crippen LogP contribution in [0.1, 0.15) is 48.4 Å². The monoisotopic (exact) mass is 246 g/mol. The summed E-state index contributed by atoms with van der Waals surface area (Å²) < 4.78 is 11.2. The summed E-state index contributed by atoms with van der Waals surface area (Å²) in [7, 11) is 0. The van der Waals surface area contributed by atoms with E-state index >= 15 is 0 Å². The van der Waals surface area contributed by atoms with Crippen molar-refractivity contribution in [2.24, 2.45) is 0 Å². The lowest BCUT2D eigenvalue weighted by Gasteiger charge is -2.08. The van der Waals surface area contributed by atoms with Gasteiger partial charge in [-0.3, -0.25) is 4.79 Å². The molecular weight excluding hydrogens is 228 g/mol. The van der Waals surface area contributed by atoms with E-state index in [4.69, 9.17) is 9.15 Å². The highest BCUT2D eigenvalue weighted by Crippen LogP contribution is 2.43. The summed E-state index contributed by atoms with van der Waals surface area (Å²) >= 11 is 0. The normalized spacial score (nSPS) is 34.3. The number of allylic oxidation sites excluding steroid dienone is 2. The first kappa shape index (κ1) is 11.7. The quantitative estimate of drug-likeness (QED) is 0.521. The second kappa shape index (κ2) is 3.82. The van der Waals surface area contributed by atoms with Crippen molar-refractivity contribution >= 4 is 5.78 Å². The smallest absolute Gasteiger partial charge is 0.198 e. The van der Waals surface area contributed by atoms with Crippen LogP contribution in [0.25, 0.3) is 0 Å². The Hall–Kier alpha value is -1.35. The van der Waals surface area contributed by atoms with Gasteiger partial charge in [-0.1, -0.05) is 11.6 Å². The fourth-order valence-corrected chi connectivity index (χ4v) is 2.78. The molecule has 0 unspecified atom stereocenters. The Morgan fingerprint density at radius 3 is 2.94 bits per heavy atom. The second-order valence-corrected chi connectivity index (χ2v) is 5.66. The van der Waals surface area contributed by atoms with Gasteiger partial charge in [0.1, 0.15) is 17.5 Å². The average Bonchev–Trinajstić information content (AvgIpc) is 2.84. The lowest BCUT2D eigenvalue weighted by atomic mass is 9.91. The minimum absolute atomic E-state index is 0.0912. The van der Waals surface area contributed by atoms with Crippen molar-refractivity contribution in [3.8, 4) is 0 Å². The molecule has 1 aromatic rings. The summed E-state index contributed by atoms with van der Waals surface area (Å²) in [6.07, 6.45) is 6.21. The Balaban J connectivity index is 2.05. The topological polar surface area (TPSA) is 42.7 Å². The molecule has 1 aliphatic heterocycles. The molecule has 0 N–H and O–H groups in total. The number of ether oxygens (including phenoxy) is 1. The van der Waals surface area contributed by atoms with E-state index in [9.17, 15) is 4.79 Å². The number of carbonyl (C=O) groups is 1. The number of hydrogen-bond acceptors (Lipinski definition) is 3. The Labute approximate surface area is 107 Å². The lowest BCUT2D eigenvalue weighted by molar-refractivity contribution is 0.0951. The molecule has 0 aromatic carbocycles. The van der Waals surface area contributed by atoms with Gasteiger partial charge < -0.3 is 9.15 Å². The van der Waals surface area contributed by atoms with Gasteiger partial charge in [0.15, 0.2) is 5.78 Å². The van der Waals surface area contributed by atoms with E-state index in [-0.39, 0.29) is 17.5 Å². The molecule has 0 saturated carbocycles. The summed E-state index contributed by atoms with van der Waals surface area (Å²) in [4.78, 5) is 12.5. The second-order valence-electron chi connectivity index (χ2n) is 5.66. The van der Waals surface area contributed by atoms with Crippen LogP contribution in [0.15, 0.2) is 22.3 Å². The van der Waals surface area contributed by atoms with Crippen LogP contribution >= 0.6 is 0 Å². The molecule has 0 radical (unpaired) electrons. The largest absolute Gasteiger partial charge is 0.468 e. The summed E-state index contributed by atoms with van der Waals surface area (Å²) in [5.41, 5.74) is 2.63. The number of epoxide rings is 1. The number of rotatable bonds is 0. The number of Topliss-reactive ketones (excluding diaryl/α,β-unsaturated/α-hetero) is 1. The molecule has 2 heterocycles. The predicted molar refractivity (Wildman–Crippen MR) is 67.7 cm³/mol. The van der Waals surface area contributed by atoms with Crippen molar-refractivity contribution in [3.05, 3.63) is 34.8 Å². The molecule has 3 nitrogen and oxygen atoms in total. The molecule has 0 spiro atoms. The van der Waals surface area contributed by atoms with Crippen LogP contribution in [0.2, 0.25) is 0 Å². The molecular formula is C15H18O3. The van der Waals surface area contributed by atoms with E-state index in [1.165, 1.54) is 5.57 Å². The van der Waals surface area contributed by atoms with Crippen LogP contribution in [-0.4, -0.2) is 17.5 Å². The first-order valence-corrected chi connectivity index (χ1v) is 6.46. The standard InChI is InChI=1S/C15H18O3/c1-9-5-4-6-15(3)14(18-15)13(16)12-10(2)8-17-11(12)7-9/h5,8,14H,4,6-7H2,1-3H3/b9-5-/t14-,15-/m0/s1. The van der Waals surface area contributed by atoms with Gasteiger partial charge in [0.25, 0.3) is 0 Å². The number of fused-ring (bicyclic) bond motifs is 2. The molecule has 1 aromatic heterocycles. The zero-order valence-electron chi connectivity index (χ0n) is 11.1. The molecule has 1 fully saturated rings. The van der Waals surface area contributed by atoms with E-state index in [1.54, 1.807) is 6.26 Å². The van der Waals surface area contributed by atoms with Crippen molar-refractivity contribution in [1.29, 1.82) is 0 Å². The summed E-state index contributed by atoms with van der Waals surface area (Å²) in [6.45, 7) is 6.03. The first-order chi connectivity index (χ1) is 8.51. The summed E-state index contributed by atoms with van der Waals surface area (Å²) in [5.74, 6) is 0.874. The van der Waals surface area contributed by atoms with Crippen molar-refractivity contribution < 1.29 is 13.9 Å². The number of furan rings is 1. The van der Waals surface area contributed by atoms with Crippen LogP contribution in [0, 0.1) is 6.92 Å². The summed E-state index contributed by atoms with van der Waals surface area (Å²) in [6, 6.07) is 0. The van der Waals surface area contributed by atoms with Gasteiger partial charge in [-0.25, -0.2) is 0 Å². The maximum absolute atomic E-state index is 12.5. The predicted octanol–water partition coefficient (Wildman–Crippen LogP) is 3.21. The van der Waals surface area contributed by atoms with Crippen molar-refractivity contribution in [2.75, 3.05) is 0 Å². The molecule has 18 heavy (non-hydrogen) atoms. The molecule has 3 rings (SSSR count). The molecule has 2 atom stereocenters. The Morgan fingerprint density at radius 1 is 1.39 bits per heavy atom. The van der Waals surface area contributed by atoms with E-state index in [1.807, 2.05) is 13.8 Å². The van der Waals surface area contributed by atoms with Gasteiger partial charge in [0.2, 0.25) is 0 Å². The Morgan fingerprint density at radius 2 is 2.17 bits per heavy atom. The summed E-state index contributed by atoms with van der Waals surface area (Å²) in [5, 5.41) is 0. The zero-order valence-corrected chi connectivity index (χ0v) is 11.1. The maximum atomic E-state index is 12.5. The zero-order chi connectivity index (χ0) is 12.9. The van der Waals surface area contributed by atoms with Crippen molar-refractivity contribution in [3.63, 3.8) is 0 Å². The molecule has 1 aliphatic carbocycles. The molecule has 96 valence electrons. The minimum Gasteiger partial charge on any atom is -0.468 e. The van der Waals surface area contributed by atoms with Crippen LogP contribution < -0.4 is 0 Å². The number of carbonyl (C=O) groups excluding carboxylic acids is 1. The van der Waals surface area contributed by atoms with Gasteiger partial charge in [0, 0.05) is 6.42 Å². The molecule has 0 amide bonds. The van der Waals surface area contributed by atoms with E-state index in [0.29, 0.717) is 0 Å². The Kier molecular flexibility index (Phi) is 2.49. The highest BCUT2D eigenvalue weighted by Gasteiger charge is 2.56. The van der Waals surface area contributed by atoms with E-state index in [2.05, 4.69) is 13.0 Å². The molecule has 1 saturated heterocycles. The Bertz CT molecular complexity index is 538. The lowest BCUT2D eigenvalue weighted by Crippen LogP contribution is -2.20. The molecule has 2 aliphatic rings. The number of ketones is 1. The highest BCUT2D eigenvalue weighted by atomic mass is 16.6. The third-order valence-electron chi connectivity index (χ3n) is 3.99. The third kappa shape index (κ3) is 1.74. The van der Waals surface area contributed by atoms with Crippen molar-refractivity contribution in [1.82, 2.24) is 0 Å². The number of hydrogen-bond donors (Lipinski definition) is 0. The minimum atomic E-state index is -0.278. The van der Waals surface area contributed by atoms with Crippen LogP contribution in [0.4, 0.5) is 0 Å². The van der Waals surface area contributed by atoms with E-state index in [0.717, 1.165) is 36.1 Å². The fourth-order valence-electron chi connectivity index (χ4n) is 2.78. The highest BCUT2D eigenvalue weighted by molar-refractivity contribution is 6.04. The van der Waals surface area contributed by atoms with Gasteiger partial charge in [-0.05, 0) is 39.2 Å². The first-order valence-electron chi connectivity index (χ1n) is 6.46. The average molecular weight is 246 g/mol. The van der Waals surface area contributed by atoms with Gasteiger partial charge in [-0.15, -0.1) is 0 Å². The number of aryl methyl sites for hydroxylation is 1. The van der Waals surface area contributed by atoms with Crippen molar-refractivity contribution in [2.45, 2.75) is 51.7 Å². The fraction of sp³-hybridized carbons (Fsp3) is 0.533. The van der Waals surface area contributed by atoms with Crippen LogP contribution in [0.3, 0.4) is 0 Å².